The van der Waals surface area contributed by atoms with Crippen LogP contribution in [0, 0.1) is 0 Å². The summed E-state index contributed by atoms with van der Waals surface area (Å²) >= 11 is 1.58. The molecule has 2 aromatic rings. The van der Waals surface area contributed by atoms with Crippen molar-refractivity contribution >= 4 is 39.9 Å². The van der Waals surface area contributed by atoms with E-state index in [9.17, 15) is 4.79 Å². The Bertz CT molecular complexity index is 479. The fraction of sp³-hybridized carbons (Fsp3) is 0.273. The number of nitrogens with zero attached hydrogens (tertiary/aromatic N) is 1. The number of amides is 1. The van der Waals surface area contributed by atoms with Crippen LogP contribution in [0.3, 0.4) is 0 Å². The second kappa shape index (κ2) is 5.95. The van der Waals surface area contributed by atoms with Gasteiger partial charge in [-0.05, 0) is 19.1 Å². The van der Waals surface area contributed by atoms with Gasteiger partial charge in [-0.25, -0.2) is 4.98 Å². The molecule has 0 aliphatic carbocycles. The Hall–Kier alpha value is -1.17. The monoisotopic (exact) mass is 271 g/mol. The van der Waals surface area contributed by atoms with Gasteiger partial charge in [-0.3, -0.25) is 4.79 Å². The van der Waals surface area contributed by atoms with E-state index in [0.29, 0.717) is 6.54 Å². The normalized spacial score (nSPS) is 11.9. The van der Waals surface area contributed by atoms with E-state index in [4.69, 9.17) is 5.73 Å². The molecule has 0 radical (unpaired) electrons. The molecule has 2 rings (SSSR count). The Morgan fingerprint density at radius 2 is 2.24 bits per heavy atom. The summed E-state index contributed by atoms with van der Waals surface area (Å²) in [6.07, 6.45) is 0. The van der Waals surface area contributed by atoms with Gasteiger partial charge >= 0.3 is 0 Å². The molecule has 1 atom stereocenters. The van der Waals surface area contributed by atoms with Crippen molar-refractivity contribution in [2.75, 3.05) is 0 Å². The maximum Gasteiger partial charge on any atom is 0.236 e. The van der Waals surface area contributed by atoms with Crippen molar-refractivity contribution in [2.45, 2.75) is 19.5 Å². The van der Waals surface area contributed by atoms with Crippen LogP contribution in [0.25, 0.3) is 10.2 Å². The molecule has 3 N–H and O–H groups in total. The third-order valence-electron chi connectivity index (χ3n) is 2.17. The predicted molar refractivity (Wildman–Crippen MR) is 72.4 cm³/mol. The highest BCUT2D eigenvalue weighted by Crippen LogP contribution is 2.21. The lowest BCUT2D eigenvalue weighted by molar-refractivity contribution is -0.122. The van der Waals surface area contributed by atoms with Gasteiger partial charge in [-0.15, -0.1) is 23.7 Å². The van der Waals surface area contributed by atoms with Crippen molar-refractivity contribution < 1.29 is 4.79 Å². The van der Waals surface area contributed by atoms with Crippen molar-refractivity contribution in [3.63, 3.8) is 0 Å². The third-order valence-corrected chi connectivity index (χ3v) is 3.20. The number of aromatic nitrogens is 1. The van der Waals surface area contributed by atoms with Crippen LogP contribution in [-0.4, -0.2) is 16.9 Å². The molecule has 0 aliphatic heterocycles. The van der Waals surface area contributed by atoms with Gasteiger partial charge in [0.15, 0.2) is 0 Å². The second-order valence-electron chi connectivity index (χ2n) is 3.58. The highest BCUT2D eigenvalue weighted by molar-refractivity contribution is 7.18. The molecule has 0 bridgehead atoms. The lowest BCUT2D eigenvalue weighted by Crippen LogP contribution is -2.37. The quantitative estimate of drug-likeness (QED) is 0.893. The average Bonchev–Trinajstić information content (AvgIpc) is 2.68. The molecular weight excluding hydrogens is 258 g/mol. The maximum absolute atomic E-state index is 11.3. The van der Waals surface area contributed by atoms with Crippen LogP contribution in [0.5, 0.6) is 0 Å². The summed E-state index contributed by atoms with van der Waals surface area (Å²) in [7, 11) is 0. The number of para-hydroxylation sites is 1. The highest BCUT2D eigenvalue weighted by atomic mass is 35.5. The minimum absolute atomic E-state index is 0. The average molecular weight is 272 g/mol. The number of carbonyl (C=O) groups excluding carboxylic acids is 1. The molecule has 4 nitrogen and oxygen atoms in total. The molecule has 1 amide bonds. The van der Waals surface area contributed by atoms with E-state index in [2.05, 4.69) is 10.3 Å². The Labute approximate surface area is 110 Å². The van der Waals surface area contributed by atoms with Crippen molar-refractivity contribution in [1.82, 2.24) is 10.3 Å². The summed E-state index contributed by atoms with van der Waals surface area (Å²) in [6, 6.07) is 7.43. The van der Waals surface area contributed by atoms with Crippen molar-refractivity contribution in [3.8, 4) is 0 Å². The Balaban J connectivity index is 0.00000144. The molecule has 1 heterocycles. The smallest absolute Gasteiger partial charge is 0.236 e. The number of carbonyl (C=O) groups is 1. The molecule has 0 saturated heterocycles. The lowest BCUT2D eigenvalue weighted by atomic mass is 10.3. The highest BCUT2D eigenvalue weighted by Gasteiger charge is 2.08. The molecule has 1 aromatic heterocycles. The first-order valence-corrected chi connectivity index (χ1v) is 5.86. The molecule has 0 aliphatic rings. The summed E-state index contributed by atoms with van der Waals surface area (Å²) in [4.78, 5) is 15.7. The number of nitrogens with one attached hydrogen (secondary N) is 1. The number of thiazole rings is 1. The zero-order valence-corrected chi connectivity index (χ0v) is 11.0. The van der Waals surface area contributed by atoms with E-state index in [0.717, 1.165) is 15.2 Å². The van der Waals surface area contributed by atoms with Crippen LogP contribution in [-0.2, 0) is 11.3 Å². The summed E-state index contributed by atoms with van der Waals surface area (Å²) in [5.41, 5.74) is 6.42. The number of halogens is 1. The SMILES string of the molecule is CC(N)C(=O)NCc1nc2ccccc2s1.Cl. The number of rotatable bonds is 3. The van der Waals surface area contributed by atoms with E-state index in [1.165, 1.54) is 0 Å². The molecule has 92 valence electrons. The first-order valence-electron chi connectivity index (χ1n) is 5.04. The fourth-order valence-electron chi connectivity index (χ4n) is 1.32. The van der Waals surface area contributed by atoms with Gasteiger partial charge in [0.25, 0.3) is 0 Å². The van der Waals surface area contributed by atoms with Gasteiger partial charge in [0.1, 0.15) is 5.01 Å². The number of benzene rings is 1. The first-order chi connectivity index (χ1) is 7.66. The third kappa shape index (κ3) is 3.39. The molecular formula is C11H14ClN3OS. The maximum atomic E-state index is 11.3. The van der Waals surface area contributed by atoms with Crippen LogP contribution in [0.4, 0.5) is 0 Å². The summed E-state index contributed by atoms with van der Waals surface area (Å²) < 4.78 is 1.13. The summed E-state index contributed by atoms with van der Waals surface area (Å²) in [5.74, 6) is -0.153. The zero-order valence-electron chi connectivity index (χ0n) is 9.34. The molecule has 17 heavy (non-hydrogen) atoms. The van der Waals surface area contributed by atoms with Crippen molar-refractivity contribution in [1.29, 1.82) is 0 Å². The minimum atomic E-state index is -0.477. The Kier molecular flexibility index (Phi) is 4.86. The van der Waals surface area contributed by atoms with Gasteiger partial charge in [0.05, 0.1) is 22.8 Å². The Morgan fingerprint density at radius 1 is 1.53 bits per heavy atom. The summed E-state index contributed by atoms with van der Waals surface area (Å²) in [5, 5.41) is 3.64. The standard InChI is InChI=1S/C11H13N3OS.ClH/c1-7(12)11(15)13-6-10-14-8-4-2-3-5-9(8)16-10;/h2-5,7H,6,12H2,1H3,(H,13,15);1H. The van der Waals surface area contributed by atoms with Gasteiger partial charge in [0.2, 0.25) is 5.91 Å². The first kappa shape index (κ1) is 13.9. The zero-order chi connectivity index (χ0) is 11.5. The van der Waals surface area contributed by atoms with E-state index >= 15 is 0 Å². The molecule has 0 fully saturated rings. The topological polar surface area (TPSA) is 68.0 Å². The molecule has 1 unspecified atom stereocenters. The van der Waals surface area contributed by atoms with Crippen LogP contribution in [0.15, 0.2) is 24.3 Å². The number of fused-ring (bicyclic) bond motifs is 1. The predicted octanol–water partition coefficient (Wildman–Crippen LogP) is 1.68. The second-order valence-corrected chi connectivity index (χ2v) is 4.70. The number of hydrogen-bond acceptors (Lipinski definition) is 4. The molecule has 1 aromatic carbocycles. The van der Waals surface area contributed by atoms with Gasteiger partial charge in [0, 0.05) is 0 Å². The number of nitrogens with two attached hydrogens (primary N) is 1. The molecule has 0 saturated carbocycles. The molecule has 6 heteroatoms. The van der Waals surface area contributed by atoms with Gasteiger partial charge in [-0.2, -0.15) is 0 Å². The van der Waals surface area contributed by atoms with Crippen LogP contribution in [0.2, 0.25) is 0 Å². The minimum Gasteiger partial charge on any atom is -0.348 e. The van der Waals surface area contributed by atoms with Crippen LogP contribution in [0.1, 0.15) is 11.9 Å². The van der Waals surface area contributed by atoms with Gasteiger partial charge in [-0.1, -0.05) is 12.1 Å². The van der Waals surface area contributed by atoms with Crippen LogP contribution < -0.4 is 11.1 Å². The largest absolute Gasteiger partial charge is 0.348 e. The fourth-order valence-corrected chi connectivity index (χ4v) is 2.23. The van der Waals surface area contributed by atoms with Crippen molar-refractivity contribution in [2.24, 2.45) is 5.73 Å². The van der Waals surface area contributed by atoms with Crippen LogP contribution >= 0.6 is 23.7 Å². The number of hydrogen-bond donors (Lipinski definition) is 2. The van der Waals surface area contributed by atoms with Crippen molar-refractivity contribution in [3.05, 3.63) is 29.3 Å². The van der Waals surface area contributed by atoms with E-state index in [-0.39, 0.29) is 18.3 Å². The van der Waals surface area contributed by atoms with E-state index < -0.39 is 6.04 Å². The summed E-state index contributed by atoms with van der Waals surface area (Å²) in [6.45, 7) is 2.10. The molecule has 0 spiro atoms. The van der Waals surface area contributed by atoms with Gasteiger partial charge < -0.3 is 11.1 Å². The lowest BCUT2D eigenvalue weighted by Gasteiger charge is -2.04. The van der Waals surface area contributed by atoms with E-state index in [1.54, 1.807) is 18.3 Å². The van der Waals surface area contributed by atoms with E-state index in [1.807, 2.05) is 24.3 Å². The Morgan fingerprint density at radius 3 is 2.88 bits per heavy atom.